The third kappa shape index (κ3) is 2.48. The Morgan fingerprint density at radius 1 is 1.38 bits per heavy atom. The molecule has 82 valence electrons. The molecule has 0 spiro atoms. The molecule has 4 heteroatoms. The average Bonchev–Trinajstić information content (AvgIpc) is 2.28. The Morgan fingerprint density at radius 3 is 3.00 bits per heavy atom. The van der Waals surface area contributed by atoms with Gasteiger partial charge in [0.15, 0.2) is 0 Å². The second-order valence-corrected chi connectivity index (χ2v) is 3.40. The summed E-state index contributed by atoms with van der Waals surface area (Å²) >= 11 is 0. The Balaban J connectivity index is 2.10. The zero-order valence-corrected chi connectivity index (χ0v) is 8.59. The fraction of sp³-hybridized carbons (Fsp3) is 0.167. The molecule has 4 nitrogen and oxygen atoms in total. The SMILES string of the molecule is O=C(O)OCCc1cnc2ccccc2c1. The molecule has 0 saturated heterocycles. The van der Waals surface area contributed by atoms with Crippen LogP contribution in [0.25, 0.3) is 10.9 Å². The van der Waals surface area contributed by atoms with E-state index in [4.69, 9.17) is 5.11 Å². The topological polar surface area (TPSA) is 59.4 Å². The lowest BCUT2D eigenvalue weighted by Gasteiger charge is -2.02. The minimum Gasteiger partial charge on any atom is -0.450 e. The summed E-state index contributed by atoms with van der Waals surface area (Å²) in [6.45, 7) is 0.162. The van der Waals surface area contributed by atoms with Gasteiger partial charge in [-0.3, -0.25) is 4.98 Å². The fourth-order valence-electron chi connectivity index (χ4n) is 1.51. The van der Waals surface area contributed by atoms with Crippen LogP contribution < -0.4 is 0 Å². The maximum atomic E-state index is 10.2. The standard InChI is InChI=1S/C12H11NO3/c14-12(15)16-6-5-9-7-10-3-1-2-4-11(10)13-8-9/h1-4,7-8H,5-6H2,(H,14,15). The van der Waals surface area contributed by atoms with Crippen LogP contribution in [0.5, 0.6) is 0 Å². The molecule has 1 aromatic heterocycles. The van der Waals surface area contributed by atoms with Gasteiger partial charge in [-0.15, -0.1) is 0 Å². The third-order valence-corrected chi connectivity index (χ3v) is 2.26. The number of aromatic nitrogens is 1. The van der Waals surface area contributed by atoms with Crippen LogP contribution in [0.4, 0.5) is 4.79 Å². The van der Waals surface area contributed by atoms with Gasteiger partial charge < -0.3 is 9.84 Å². The second kappa shape index (κ2) is 4.61. The van der Waals surface area contributed by atoms with E-state index in [0.717, 1.165) is 16.5 Å². The Hall–Kier alpha value is -2.10. The first-order chi connectivity index (χ1) is 7.75. The predicted molar refractivity (Wildman–Crippen MR) is 59.4 cm³/mol. The number of nitrogens with zero attached hydrogens (tertiary/aromatic N) is 1. The highest BCUT2D eigenvalue weighted by Gasteiger charge is 2.00. The molecule has 0 radical (unpaired) electrons. The number of benzene rings is 1. The highest BCUT2D eigenvalue weighted by molar-refractivity contribution is 5.78. The van der Waals surface area contributed by atoms with E-state index in [1.54, 1.807) is 6.20 Å². The van der Waals surface area contributed by atoms with Crippen molar-refractivity contribution < 1.29 is 14.6 Å². The van der Waals surface area contributed by atoms with Gasteiger partial charge in [-0.1, -0.05) is 18.2 Å². The Morgan fingerprint density at radius 2 is 2.19 bits per heavy atom. The molecule has 0 saturated carbocycles. The van der Waals surface area contributed by atoms with Crippen molar-refractivity contribution in [1.82, 2.24) is 4.98 Å². The fourth-order valence-corrected chi connectivity index (χ4v) is 1.51. The summed E-state index contributed by atoms with van der Waals surface area (Å²) in [6.07, 6.45) is 1.05. The third-order valence-electron chi connectivity index (χ3n) is 2.26. The Kier molecular flexibility index (Phi) is 3.00. The van der Waals surface area contributed by atoms with Crippen molar-refractivity contribution in [2.75, 3.05) is 6.61 Å². The molecule has 1 N–H and O–H groups in total. The minimum atomic E-state index is -1.24. The van der Waals surface area contributed by atoms with E-state index in [1.807, 2.05) is 30.3 Å². The van der Waals surface area contributed by atoms with E-state index in [-0.39, 0.29) is 6.61 Å². The molecule has 0 aliphatic heterocycles. The van der Waals surface area contributed by atoms with Crippen molar-refractivity contribution in [2.45, 2.75) is 6.42 Å². The molecule has 0 aliphatic rings. The normalized spacial score (nSPS) is 10.2. The number of carbonyl (C=O) groups is 1. The molecule has 1 heterocycles. The van der Waals surface area contributed by atoms with Gasteiger partial charge in [0, 0.05) is 18.0 Å². The van der Waals surface area contributed by atoms with Crippen molar-refractivity contribution in [3.63, 3.8) is 0 Å². The van der Waals surface area contributed by atoms with Crippen molar-refractivity contribution in [3.05, 3.63) is 42.1 Å². The lowest BCUT2D eigenvalue weighted by atomic mass is 10.1. The number of hydrogen-bond donors (Lipinski definition) is 1. The largest absolute Gasteiger partial charge is 0.505 e. The number of carboxylic acid groups (broad SMARTS) is 1. The molecule has 0 bridgehead atoms. The lowest BCUT2D eigenvalue weighted by molar-refractivity contribution is 0.0927. The first kappa shape index (κ1) is 10.4. The minimum absolute atomic E-state index is 0.162. The molecule has 2 aromatic rings. The number of ether oxygens (including phenoxy) is 1. The van der Waals surface area contributed by atoms with Gasteiger partial charge in [0.05, 0.1) is 12.1 Å². The average molecular weight is 217 g/mol. The van der Waals surface area contributed by atoms with Gasteiger partial charge in [-0.2, -0.15) is 0 Å². The Bertz CT molecular complexity index is 510. The number of para-hydroxylation sites is 1. The Labute approximate surface area is 92.5 Å². The van der Waals surface area contributed by atoms with Crippen LogP contribution in [0.15, 0.2) is 36.5 Å². The van der Waals surface area contributed by atoms with Gasteiger partial charge in [0.2, 0.25) is 0 Å². The molecule has 0 atom stereocenters. The number of fused-ring (bicyclic) bond motifs is 1. The summed E-state index contributed by atoms with van der Waals surface area (Å²) in [4.78, 5) is 14.4. The van der Waals surface area contributed by atoms with E-state index < -0.39 is 6.16 Å². The monoisotopic (exact) mass is 217 g/mol. The van der Waals surface area contributed by atoms with Crippen LogP contribution in [0.1, 0.15) is 5.56 Å². The van der Waals surface area contributed by atoms with Gasteiger partial charge in [0.1, 0.15) is 0 Å². The number of pyridine rings is 1. The summed E-state index contributed by atoms with van der Waals surface area (Å²) in [5.74, 6) is 0. The van der Waals surface area contributed by atoms with Crippen LogP contribution >= 0.6 is 0 Å². The van der Waals surface area contributed by atoms with Crippen molar-refractivity contribution >= 4 is 17.1 Å². The predicted octanol–water partition coefficient (Wildman–Crippen LogP) is 2.47. The van der Waals surface area contributed by atoms with Crippen molar-refractivity contribution in [2.24, 2.45) is 0 Å². The van der Waals surface area contributed by atoms with E-state index >= 15 is 0 Å². The number of rotatable bonds is 3. The summed E-state index contributed by atoms with van der Waals surface area (Å²) in [5, 5.41) is 9.38. The van der Waals surface area contributed by atoms with Crippen LogP contribution in [-0.4, -0.2) is 22.9 Å². The first-order valence-corrected chi connectivity index (χ1v) is 4.95. The van der Waals surface area contributed by atoms with Crippen LogP contribution in [-0.2, 0) is 11.2 Å². The van der Waals surface area contributed by atoms with E-state index in [9.17, 15) is 4.79 Å². The first-order valence-electron chi connectivity index (χ1n) is 4.95. The van der Waals surface area contributed by atoms with Crippen LogP contribution in [0, 0.1) is 0 Å². The van der Waals surface area contributed by atoms with Crippen LogP contribution in [0.2, 0.25) is 0 Å². The van der Waals surface area contributed by atoms with Crippen molar-refractivity contribution in [1.29, 1.82) is 0 Å². The molecule has 0 amide bonds. The maximum Gasteiger partial charge on any atom is 0.505 e. The lowest BCUT2D eigenvalue weighted by Crippen LogP contribution is -2.04. The van der Waals surface area contributed by atoms with Gasteiger partial charge in [-0.05, 0) is 17.7 Å². The quantitative estimate of drug-likeness (QED) is 0.802. The highest BCUT2D eigenvalue weighted by Crippen LogP contribution is 2.12. The molecule has 0 unspecified atom stereocenters. The smallest absolute Gasteiger partial charge is 0.450 e. The molecule has 16 heavy (non-hydrogen) atoms. The van der Waals surface area contributed by atoms with Crippen molar-refractivity contribution in [3.8, 4) is 0 Å². The molecular weight excluding hydrogens is 206 g/mol. The maximum absolute atomic E-state index is 10.2. The summed E-state index contributed by atoms with van der Waals surface area (Å²) in [5.41, 5.74) is 1.91. The second-order valence-electron chi connectivity index (χ2n) is 3.40. The van der Waals surface area contributed by atoms with Crippen LogP contribution in [0.3, 0.4) is 0 Å². The molecule has 0 fully saturated rings. The zero-order chi connectivity index (χ0) is 11.4. The molecule has 2 rings (SSSR count). The molecular formula is C12H11NO3. The summed E-state index contributed by atoms with van der Waals surface area (Å²) in [6, 6.07) is 9.79. The summed E-state index contributed by atoms with van der Waals surface area (Å²) < 4.78 is 4.45. The molecule has 0 aliphatic carbocycles. The van der Waals surface area contributed by atoms with E-state index in [1.165, 1.54) is 0 Å². The van der Waals surface area contributed by atoms with Gasteiger partial charge in [0.25, 0.3) is 0 Å². The highest BCUT2D eigenvalue weighted by atomic mass is 16.7. The summed E-state index contributed by atoms with van der Waals surface area (Å²) in [7, 11) is 0. The molecule has 1 aromatic carbocycles. The van der Waals surface area contributed by atoms with Gasteiger partial charge in [-0.25, -0.2) is 4.79 Å². The zero-order valence-electron chi connectivity index (χ0n) is 8.59. The van der Waals surface area contributed by atoms with E-state index in [2.05, 4.69) is 9.72 Å². The van der Waals surface area contributed by atoms with E-state index in [0.29, 0.717) is 6.42 Å². The van der Waals surface area contributed by atoms with Gasteiger partial charge >= 0.3 is 6.16 Å². The number of hydrogen-bond acceptors (Lipinski definition) is 3.